The molecule has 0 aliphatic heterocycles. The highest BCUT2D eigenvalue weighted by Crippen LogP contribution is 2.53. The summed E-state index contributed by atoms with van der Waals surface area (Å²) in [5.41, 5.74) is 13.8. The van der Waals surface area contributed by atoms with E-state index in [2.05, 4.69) is 147 Å². The Labute approximate surface area is 282 Å². The molecule has 0 N–H and O–H groups in total. The lowest BCUT2D eigenvalue weighted by atomic mass is 9.81. The van der Waals surface area contributed by atoms with Gasteiger partial charge in [0.15, 0.2) is 0 Å². The third-order valence-corrected chi connectivity index (χ3v) is 11.1. The molecular formula is C47H30O2. The van der Waals surface area contributed by atoms with Gasteiger partial charge in [0.2, 0.25) is 0 Å². The molecule has 8 aromatic carbocycles. The third kappa shape index (κ3) is 3.61. The molecule has 2 heteroatoms. The van der Waals surface area contributed by atoms with E-state index in [1.54, 1.807) is 0 Å². The van der Waals surface area contributed by atoms with Crippen LogP contribution in [0.2, 0.25) is 0 Å². The van der Waals surface area contributed by atoms with Gasteiger partial charge in [-0.3, -0.25) is 0 Å². The molecule has 0 atom stereocenters. The summed E-state index contributed by atoms with van der Waals surface area (Å²) in [4.78, 5) is 0. The van der Waals surface area contributed by atoms with Crippen LogP contribution in [0.3, 0.4) is 0 Å². The van der Waals surface area contributed by atoms with Gasteiger partial charge in [-0.2, -0.15) is 0 Å². The molecule has 0 saturated heterocycles. The van der Waals surface area contributed by atoms with Gasteiger partial charge >= 0.3 is 0 Å². The largest absolute Gasteiger partial charge is 0.456 e. The van der Waals surface area contributed by atoms with Gasteiger partial charge in [-0.25, -0.2) is 0 Å². The SMILES string of the molecule is CC1(C)c2cc(-c3cccc4oc5c6ccccc6ccc5c34)ccc2-c2c1ccc1c(-c3ccc4oc5ccccc5c4c3)cccc21. The number of rotatable bonds is 2. The van der Waals surface area contributed by atoms with Crippen molar-refractivity contribution >= 4 is 65.4 Å². The number of para-hydroxylation sites is 1. The van der Waals surface area contributed by atoms with Crippen LogP contribution in [0.1, 0.15) is 25.0 Å². The maximum atomic E-state index is 6.54. The molecular weight excluding hydrogens is 597 g/mol. The summed E-state index contributed by atoms with van der Waals surface area (Å²) in [5.74, 6) is 0. The number of hydrogen-bond acceptors (Lipinski definition) is 2. The molecule has 1 aliphatic carbocycles. The van der Waals surface area contributed by atoms with Gasteiger partial charge < -0.3 is 8.83 Å². The second-order valence-corrected chi connectivity index (χ2v) is 14.0. The first kappa shape index (κ1) is 26.9. The Balaban J connectivity index is 1.09. The minimum absolute atomic E-state index is 0.151. The van der Waals surface area contributed by atoms with Crippen molar-refractivity contribution in [3.63, 3.8) is 0 Å². The lowest BCUT2D eigenvalue weighted by Crippen LogP contribution is -2.15. The second kappa shape index (κ2) is 9.49. The molecule has 0 bridgehead atoms. The fourth-order valence-corrected chi connectivity index (χ4v) is 8.70. The van der Waals surface area contributed by atoms with Gasteiger partial charge in [-0.1, -0.05) is 123 Å². The van der Waals surface area contributed by atoms with E-state index >= 15 is 0 Å². The molecule has 10 aromatic rings. The van der Waals surface area contributed by atoms with Crippen LogP contribution in [0.4, 0.5) is 0 Å². The molecule has 0 saturated carbocycles. The maximum absolute atomic E-state index is 6.54. The van der Waals surface area contributed by atoms with Gasteiger partial charge in [0.1, 0.15) is 22.3 Å². The predicted octanol–water partition coefficient (Wildman–Crippen LogP) is 13.4. The average molecular weight is 627 g/mol. The highest BCUT2D eigenvalue weighted by molar-refractivity contribution is 6.19. The minimum Gasteiger partial charge on any atom is -0.456 e. The zero-order chi connectivity index (χ0) is 32.4. The molecule has 2 nitrogen and oxygen atoms in total. The topological polar surface area (TPSA) is 26.3 Å². The average Bonchev–Trinajstić information content (AvgIpc) is 3.79. The van der Waals surface area contributed by atoms with Crippen molar-refractivity contribution in [3.8, 4) is 33.4 Å². The van der Waals surface area contributed by atoms with E-state index < -0.39 is 0 Å². The highest BCUT2D eigenvalue weighted by Gasteiger charge is 2.37. The van der Waals surface area contributed by atoms with Gasteiger partial charge in [-0.15, -0.1) is 0 Å². The second-order valence-electron chi connectivity index (χ2n) is 14.0. The van der Waals surface area contributed by atoms with Crippen molar-refractivity contribution in [2.24, 2.45) is 0 Å². The Hall–Kier alpha value is -6.12. The van der Waals surface area contributed by atoms with Crippen LogP contribution in [0.25, 0.3) is 98.8 Å². The summed E-state index contributed by atoms with van der Waals surface area (Å²) in [6.07, 6.45) is 0. The maximum Gasteiger partial charge on any atom is 0.143 e. The van der Waals surface area contributed by atoms with Crippen LogP contribution in [0.15, 0.2) is 154 Å². The van der Waals surface area contributed by atoms with E-state index in [1.807, 2.05) is 12.1 Å². The van der Waals surface area contributed by atoms with Gasteiger partial charge in [0, 0.05) is 32.3 Å². The quantitative estimate of drug-likeness (QED) is 0.191. The Kier molecular flexibility index (Phi) is 5.21. The normalized spacial score (nSPS) is 13.7. The van der Waals surface area contributed by atoms with Crippen molar-refractivity contribution in [2.75, 3.05) is 0 Å². The van der Waals surface area contributed by atoms with Crippen molar-refractivity contribution in [3.05, 3.63) is 157 Å². The molecule has 49 heavy (non-hydrogen) atoms. The van der Waals surface area contributed by atoms with Crippen molar-refractivity contribution in [2.45, 2.75) is 19.3 Å². The first-order valence-corrected chi connectivity index (χ1v) is 17.0. The number of hydrogen-bond donors (Lipinski definition) is 0. The molecule has 0 unspecified atom stereocenters. The van der Waals surface area contributed by atoms with E-state index in [0.717, 1.165) is 43.9 Å². The third-order valence-electron chi connectivity index (χ3n) is 11.1. The van der Waals surface area contributed by atoms with Crippen LogP contribution >= 0.6 is 0 Å². The standard InChI is InChI=1S/C47H30O2/c1-47(2)39-23-22-33-30(28-19-24-42-38(25-28)34-11-5-6-15-41(34)48-42)12-7-14-35(33)44(39)36-20-18-29(26-40(36)47)31-13-8-16-43-45(31)37-21-17-27-9-3-4-10-32(27)46(37)49-43/h3-26H,1-2H3. The summed E-state index contributed by atoms with van der Waals surface area (Å²) < 4.78 is 12.7. The Morgan fingerprint density at radius 1 is 0.408 bits per heavy atom. The van der Waals surface area contributed by atoms with Gasteiger partial charge in [0.25, 0.3) is 0 Å². The fraction of sp³-hybridized carbons (Fsp3) is 0.0638. The minimum atomic E-state index is -0.151. The Morgan fingerprint density at radius 2 is 1.12 bits per heavy atom. The molecule has 2 heterocycles. The van der Waals surface area contributed by atoms with Crippen molar-refractivity contribution < 1.29 is 8.83 Å². The monoisotopic (exact) mass is 626 g/mol. The predicted molar refractivity (Wildman–Crippen MR) is 204 cm³/mol. The first-order valence-electron chi connectivity index (χ1n) is 17.0. The van der Waals surface area contributed by atoms with E-state index in [1.165, 1.54) is 66.1 Å². The summed E-state index contributed by atoms with van der Waals surface area (Å²) in [6, 6.07) is 52.8. The summed E-state index contributed by atoms with van der Waals surface area (Å²) >= 11 is 0. The summed E-state index contributed by atoms with van der Waals surface area (Å²) in [5, 5.41) is 9.54. The summed E-state index contributed by atoms with van der Waals surface area (Å²) in [7, 11) is 0. The smallest absolute Gasteiger partial charge is 0.143 e. The Bertz CT molecular complexity index is 3020. The first-order chi connectivity index (χ1) is 24.0. The van der Waals surface area contributed by atoms with Crippen LogP contribution in [-0.2, 0) is 5.41 Å². The van der Waals surface area contributed by atoms with Crippen molar-refractivity contribution in [1.29, 1.82) is 0 Å². The lowest BCUT2D eigenvalue weighted by molar-refractivity contribution is 0.661. The van der Waals surface area contributed by atoms with E-state index in [9.17, 15) is 0 Å². The fourth-order valence-electron chi connectivity index (χ4n) is 8.70. The number of benzene rings is 8. The number of furan rings is 2. The van der Waals surface area contributed by atoms with Crippen LogP contribution in [-0.4, -0.2) is 0 Å². The number of fused-ring (bicyclic) bond motifs is 13. The molecule has 230 valence electrons. The summed E-state index contributed by atoms with van der Waals surface area (Å²) in [6.45, 7) is 4.74. The zero-order valence-corrected chi connectivity index (χ0v) is 27.2. The van der Waals surface area contributed by atoms with Crippen LogP contribution in [0.5, 0.6) is 0 Å². The van der Waals surface area contributed by atoms with Crippen molar-refractivity contribution in [1.82, 2.24) is 0 Å². The Morgan fingerprint density at radius 3 is 2.06 bits per heavy atom. The van der Waals surface area contributed by atoms with E-state index in [4.69, 9.17) is 8.83 Å². The van der Waals surface area contributed by atoms with E-state index in [-0.39, 0.29) is 5.41 Å². The van der Waals surface area contributed by atoms with Crippen LogP contribution in [0, 0.1) is 0 Å². The van der Waals surface area contributed by atoms with Gasteiger partial charge in [-0.05, 0) is 97.1 Å². The molecule has 2 aromatic heterocycles. The molecule has 0 radical (unpaired) electrons. The zero-order valence-electron chi connectivity index (χ0n) is 27.2. The molecule has 0 spiro atoms. The van der Waals surface area contributed by atoms with E-state index in [0.29, 0.717) is 0 Å². The van der Waals surface area contributed by atoms with Crippen LogP contribution < -0.4 is 0 Å². The lowest BCUT2D eigenvalue weighted by Gasteiger charge is -2.22. The van der Waals surface area contributed by atoms with Gasteiger partial charge in [0.05, 0.1) is 0 Å². The molecule has 11 rings (SSSR count). The highest BCUT2D eigenvalue weighted by atomic mass is 16.3. The molecule has 1 aliphatic rings. The molecule has 0 fully saturated rings. The molecule has 0 amide bonds.